The van der Waals surface area contributed by atoms with Crippen LogP contribution in [0.15, 0.2) is 52.1 Å². The van der Waals surface area contributed by atoms with Crippen LogP contribution in [0.3, 0.4) is 0 Å². The van der Waals surface area contributed by atoms with Crippen LogP contribution < -0.4 is 0 Å². The Balaban J connectivity index is 1.68. The van der Waals surface area contributed by atoms with Crippen LogP contribution in [-0.2, 0) is 11.3 Å². The second kappa shape index (κ2) is 7.44. The summed E-state index contributed by atoms with van der Waals surface area (Å²) in [7, 11) is 0. The van der Waals surface area contributed by atoms with Crippen LogP contribution >= 0.6 is 23.5 Å². The summed E-state index contributed by atoms with van der Waals surface area (Å²) in [6.07, 6.45) is 3.67. The molecule has 0 saturated heterocycles. The van der Waals surface area contributed by atoms with Crippen LogP contribution in [0.25, 0.3) is 6.08 Å². The van der Waals surface area contributed by atoms with E-state index >= 15 is 0 Å². The molecule has 0 atom stereocenters. The monoisotopic (exact) mass is 409 g/mol. The van der Waals surface area contributed by atoms with E-state index in [9.17, 15) is 4.79 Å². The molecule has 2 aromatic rings. The lowest BCUT2D eigenvalue weighted by Crippen LogP contribution is -2.35. The SMILES string of the molecule is CSC1=NN2C(=N)/C(=C\c3cc(C)n(Cc4ccccc4)c3C)C(=O)N=C2S1. The predicted molar refractivity (Wildman–Crippen MR) is 118 cm³/mol. The summed E-state index contributed by atoms with van der Waals surface area (Å²) in [5, 5.41) is 14.7. The van der Waals surface area contributed by atoms with Crippen LogP contribution in [0.2, 0.25) is 0 Å². The quantitative estimate of drug-likeness (QED) is 0.775. The molecule has 4 rings (SSSR count). The summed E-state index contributed by atoms with van der Waals surface area (Å²) in [6, 6.07) is 12.3. The van der Waals surface area contributed by atoms with Gasteiger partial charge < -0.3 is 4.57 Å². The number of carbonyl (C=O) groups is 1. The van der Waals surface area contributed by atoms with Crippen LogP contribution in [0, 0.1) is 19.3 Å². The first kappa shape index (κ1) is 18.8. The van der Waals surface area contributed by atoms with Gasteiger partial charge in [-0.2, -0.15) is 10.0 Å². The molecule has 8 heteroatoms. The molecule has 142 valence electrons. The number of thioether (sulfide) groups is 2. The number of aliphatic imine (C=N–C) groups is 1. The summed E-state index contributed by atoms with van der Waals surface area (Å²) < 4.78 is 2.99. The van der Waals surface area contributed by atoms with E-state index in [1.165, 1.54) is 34.1 Å². The number of carbonyl (C=O) groups excluding carboxylic acids is 1. The first-order valence-electron chi connectivity index (χ1n) is 8.73. The largest absolute Gasteiger partial charge is 0.344 e. The van der Waals surface area contributed by atoms with Gasteiger partial charge in [0.05, 0.1) is 5.57 Å². The van der Waals surface area contributed by atoms with Gasteiger partial charge in [-0.3, -0.25) is 10.2 Å². The van der Waals surface area contributed by atoms with Crippen molar-refractivity contribution in [3.8, 4) is 0 Å². The molecular formula is C20H19N5OS2. The summed E-state index contributed by atoms with van der Waals surface area (Å²) in [5.74, 6) is -0.325. The molecule has 1 aromatic carbocycles. The molecule has 0 aliphatic carbocycles. The molecule has 0 bridgehead atoms. The molecule has 0 spiro atoms. The van der Waals surface area contributed by atoms with Crippen molar-refractivity contribution in [3.05, 3.63) is 64.5 Å². The van der Waals surface area contributed by atoms with Gasteiger partial charge in [0.1, 0.15) is 0 Å². The lowest BCUT2D eigenvalue weighted by atomic mass is 10.1. The summed E-state index contributed by atoms with van der Waals surface area (Å²) in [4.78, 5) is 16.7. The molecule has 0 saturated carbocycles. The molecular weight excluding hydrogens is 390 g/mol. The molecule has 0 fully saturated rings. The van der Waals surface area contributed by atoms with E-state index < -0.39 is 5.91 Å². The number of hydrogen-bond acceptors (Lipinski definition) is 5. The average Bonchev–Trinajstić information content (AvgIpc) is 3.22. The van der Waals surface area contributed by atoms with Gasteiger partial charge in [-0.25, -0.2) is 0 Å². The van der Waals surface area contributed by atoms with Crippen molar-refractivity contribution in [2.45, 2.75) is 20.4 Å². The summed E-state index contributed by atoms with van der Waals surface area (Å²) >= 11 is 2.79. The van der Waals surface area contributed by atoms with Crippen molar-refractivity contribution < 1.29 is 4.79 Å². The molecule has 1 aromatic heterocycles. The zero-order valence-electron chi connectivity index (χ0n) is 15.8. The van der Waals surface area contributed by atoms with Crippen LogP contribution in [0.4, 0.5) is 0 Å². The second-order valence-electron chi connectivity index (χ2n) is 6.49. The highest BCUT2D eigenvalue weighted by Gasteiger charge is 2.35. The van der Waals surface area contributed by atoms with Gasteiger partial charge in [-0.15, -0.1) is 16.9 Å². The van der Waals surface area contributed by atoms with Gasteiger partial charge in [-0.1, -0.05) is 30.3 Å². The molecule has 2 aliphatic rings. The molecule has 1 N–H and O–H groups in total. The van der Waals surface area contributed by atoms with E-state index in [4.69, 9.17) is 5.41 Å². The summed E-state index contributed by atoms with van der Waals surface area (Å²) in [5.41, 5.74) is 4.55. The number of aryl methyl sites for hydroxylation is 1. The number of rotatable bonds is 3. The van der Waals surface area contributed by atoms with E-state index in [-0.39, 0.29) is 11.4 Å². The van der Waals surface area contributed by atoms with E-state index in [2.05, 4.69) is 26.8 Å². The smallest absolute Gasteiger partial charge is 0.283 e. The predicted octanol–water partition coefficient (Wildman–Crippen LogP) is 4.09. The van der Waals surface area contributed by atoms with Crippen LogP contribution in [-0.4, -0.2) is 37.1 Å². The topological polar surface area (TPSA) is 73.8 Å². The van der Waals surface area contributed by atoms with Crippen molar-refractivity contribution in [1.82, 2.24) is 9.58 Å². The highest BCUT2D eigenvalue weighted by Crippen LogP contribution is 2.32. The normalized spacial score (nSPS) is 17.8. The number of benzene rings is 1. The van der Waals surface area contributed by atoms with Gasteiger partial charge >= 0.3 is 0 Å². The number of hydrogen-bond donors (Lipinski definition) is 1. The number of aromatic nitrogens is 1. The average molecular weight is 410 g/mol. The van der Waals surface area contributed by atoms with E-state index in [1.807, 2.05) is 44.4 Å². The molecule has 6 nitrogen and oxygen atoms in total. The fraction of sp³-hybridized carbons (Fsp3) is 0.200. The van der Waals surface area contributed by atoms with Gasteiger partial charge in [0.2, 0.25) is 5.17 Å². The fourth-order valence-corrected chi connectivity index (χ4v) is 4.54. The fourth-order valence-electron chi connectivity index (χ4n) is 3.20. The lowest BCUT2D eigenvalue weighted by Gasteiger charge is -2.20. The van der Waals surface area contributed by atoms with Crippen molar-refractivity contribution in [1.29, 1.82) is 5.41 Å². The first-order chi connectivity index (χ1) is 13.5. The Morgan fingerprint density at radius 3 is 2.71 bits per heavy atom. The maximum atomic E-state index is 12.5. The number of amides is 1. The molecule has 28 heavy (non-hydrogen) atoms. The van der Waals surface area contributed by atoms with Crippen LogP contribution in [0.5, 0.6) is 0 Å². The maximum absolute atomic E-state index is 12.5. The van der Waals surface area contributed by atoms with E-state index in [0.717, 1.165) is 27.9 Å². The minimum Gasteiger partial charge on any atom is -0.344 e. The third-order valence-electron chi connectivity index (χ3n) is 4.71. The van der Waals surface area contributed by atoms with E-state index in [1.54, 1.807) is 6.08 Å². The summed E-state index contributed by atoms with van der Waals surface area (Å²) in [6.45, 7) is 4.84. The Hall–Kier alpha value is -2.58. The van der Waals surface area contributed by atoms with Gasteiger partial charge in [-0.05, 0) is 55.1 Å². The minimum absolute atomic E-state index is 0.0689. The number of amidine groups is 2. The Morgan fingerprint density at radius 2 is 2.00 bits per heavy atom. The van der Waals surface area contributed by atoms with Crippen LogP contribution in [0.1, 0.15) is 22.5 Å². The van der Waals surface area contributed by atoms with Gasteiger partial charge in [0.25, 0.3) is 5.91 Å². The minimum atomic E-state index is -0.394. The molecule has 1 amide bonds. The zero-order chi connectivity index (χ0) is 19.8. The van der Waals surface area contributed by atoms with E-state index in [0.29, 0.717) is 5.17 Å². The number of fused-ring (bicyclic) bond motifs is 1. The lowest BCUT2D eigenvalue weighted by molar-refractivity contribution is -0.114. The van der Waals surface area contributed by atoms with Crippen molar-refractivity contribution in [2.24, 2.45) is 10.1 Å². The van der Waals surface area contributed by atoms with Crippen molar-refractivity contribution in [3.63, 3.8) is 0 Å². The molecule has 2 aliphatic heterocycles. The van der Waals surface area contributed by atoms with Crippen molar-refractivity contribution >= 4 is 50.9 Å². The molecule has 0 unspecified atom stereocenters. The Bertz CT molecular complexity index is 1070. The number of nitrogens with one attached hydrogen (secondary N) is 1. The highest BCUT2D eigenvalue weighted by molar-refractivity contribution is 8.45. The standard InChI is InChI=1S/C20H19N5OS2/c1-12-9-15(13(2)24(12)11-14-7-5-4-6-8-14)10-16-17(21)25-19(22-18(16)26)28-20(23-25)27-3/h4-10,21H,11H2,1-3H3/b16-10+,21-17?. The Morgan fingerprint density at radius 1 is 1.25 bits per heavy atom. The highest BCUT2D eigenvalue weighted by atomic mass is 32.2. The van der Waals surface area contributed by atoms with Crippen molar-refractivity contribution in [2.75, 3.05) is 6.26 Å². The Kier molecular flexibility index (Phi) is 4.99. The van der Waals surface area contributed by atoms with Gasteiger partial charge in [0.15, 0.2) is 10.2 Å². The third kappa shape index (κ3) is 3.33. The number of hydrazone groups is 1. The molecule has 3 heterocycles. The molecule has 0 radical (unpaired) electrons. The zero-order valence-corrected chi connectivity index (χ0v) is 17.4. The first-order valence-corrected chi connectivity index (χ1v) is 10.8. The third-order valence-corrected chi connectivity index (χ3v) is 6.59. The van der Waals surface area contributed by atoms with Gasteiger partial charge in [0, 0.05) is 17.9 Å². The second-order valence-corrected chi connectivity index (χ2v) is 8.50. The Labute approximate surface area is 171 Å². The maximum Gasteiger partial charge on any atom is 0.283 e. The number of nitrogens with zero attached hydrogens (tertiary/aromatic N) is 4.